The van der Waals surface area contributed by atoms with Gasteiger partial charge >= 0.3 is 0 Å². The monoisotopic (exact) mass is 226 g/mol. The van der Waals surface area contributed by atoms with Crippen LogP contribution in [0, 0.1) is 17.3 Å². The molecule has 3 rings (SSSR count). The van der Waals surface area contributed by atoms with Gasteiger partial charge in [0.2, 0.25) is 0 Å². The molecule has 0 heterocycles. The summed E-state index contributed by atoms with van der Waals surface area (Å²) in [5.74, 6) is 1.14. The van der Waals surface area contributed by atoms with Gasteiger partial charge in [-0.1, -0.05) is 44.2 Å². The van der Waals surface area contributed by atoms with Gasteiger partial charge in [0.15, 0.2) is 5.78 Å². The molecule has 2 aliphatic carbocycles. The Morgan fingerprint density at radius 3 is 2.35 bits per heavy atom. The van der Waals surface area contributed by atoms with Crippen LogP contribution in [0.4, 0.5) is 0 Å². The van der Waals surface area contributed by atoms with Gasteiger partial charge in [0.05, 0.1) is 0 Å². The molecule has 2 unspecified atom stereocenters. The number of fused-ring (bicyclic) bond motifs is 2. The Balaban J connectivity index is 2.01. The molecule has 1 nitrogen and oxygen atoms in total. The SMILES string of the molecule is CC1(C)C2CCC1/C(=C\c1ccccc1)C2=O. The number of hydrogen-bond donors (Lipinski definition) is 0. The summed E-state index contributed by atoms with van der Waals surface area (Å²) in [5, 5.41) is 0. The van der Waals surface area contributed by atoms with Crippen molar-refractivity contribution in [1.29, 1.82) is 0 Å². The minimum Gasteiger partial charge on any atom is -0.294 e. The molecule has 0 spiro atoms. The van der Waals surface area contributed by atoms with Crippen molar-refractivity contribution in [2.75, 3.05) is 0 Å². The van der Waals surface area contributed by atoms with E-state index in [1.165, 1.54) is 6.42 Å². The number of carbonyl (C=O) groups excluding carboxylic acids is 1. The Morgan fingerprint density at radius 2 is 1.76 bits per heavy atom. The molecule has 1 aromatic carbocycles. The second-order valence-electron chi connectivity index (χ2n) is 5.88. The van der Waals surface area contributed by atoms with E-state index >= 15 is 0 Å². The Morgan fingerprint density at radius 1 is 1.12 bits per heavy atom. The first-order valence-corrected chi connectivity index (χ1v) is 6.41. The van der Waals surface area contributed by atoms with Crippen LogP contribution in [0.2, 0.25) is 0 Å². The third kappa shape index (κ3) is 1.49. The van der Waals surface area contributed by atoms with E-state index in [4.69, 9.17) is 0 Å². The maximum absolute atomic E-state index is 12.3. The fraction of sp³-hybridized carbons (Fsp3) is 0.438. The topological polar surface area (TPSA) is 17.1 Å². The second-order valence-corrected chi connectivity index (χ2v) is 5.88. The standard InChI is InChI=1S/C16H18O/c1-16(2)13-8-9-14(16)15(17)12(13)10-11-6-4-3-5-7-11/h3-7,10,13-14H,8-9H2,1-2H3/b12-10+. The molecule has 1 aromatic rings. The van der Waals surface area contributed by atoms with Crippen LogP contribution in [-0.2, 0) is 4.79 Å². The normalized spacial score (nSPS) is 32.4. The fourth-order valence-electron chi connectivity index (χ4n) is 3.62. The van der Waals surface area contributed by atoms with E-state index in [0.717, 1.165) is 17.6 Å². The van der Waals surface area contributed by atoms with Crippen LogP contribution in [-0.4, -0.2) is 5.78 Å². The molecule has 88 valence electrons. The van der Waals surface area contributed by atoms with Gasteiger partial charge in [0, 0.05) is 5.92 Å². The lowest BCUT2D eigenvalue weighted by Gasteiger charge is -2.22. The predicted molar refractivity (Wildman–Crippen MR) is 69.4 cm³/mol. The summed E-state index contributed by atoms with van der Waals surface area (Å²) in [4.78, 5) is 12.3. The highest BCUT2D eigenvalue weighted by Gasteiger charge is 2.55. The minimum absolute atomic E-state index is 0.178. The maximum Gasteiger partial charge on any atom is 0.162 e. The van der Waals surface area contributed by atoms with E-state index in [2.05, 4.69) is 32.1 Å². The van der Waals surface area contributed by atoms with Crippen LogP contribution < -0.4 is 0 Å². The van der Waals surface area contributed by atoms with Gasteiger partial charge in [-0.25, -0.2) is 0 Å². The van der Waals surface area contributed by atoms with Crippen LogP contribution in [0.1, 0.15) is 32.3 Å². The highest BCUT2D eigenvalue weighted by Crippen LogP contribution is 2.58. The van der Waals surface area contributed by atoms with Crippen molar-refractivity contribution in [1.82, 2.24) is 0 Å². The summed E-state index contributed by atoms with van der Waals surface area (Å²) in [6.45, 7) is 4.50. The zero-order valence-electron chi connectivity index (χ0n) is 10.4. The molecule has 0 aromatic heterocycles. The lowest BCUT2D eigenvalue weighted by Crippen LogP contribution is -2.19. The number of Topliss-reactive ketones (excluding diaryl/α,β-unsaturated/α-hetero) is 1. The van der Waals surface area contributed by atoms with Crippen LogP contribution in [0.5, 0.6) is 0 Å². The Kier molecular flexibility index (Phi) is 2.25. The largest absolute Gasteiger partial charge is 0.294 e. The summed E-state index contributed by atoms with van der Waals surface area (Å²) in [7, 11) is 0. The molecule has 1 heteroatoms. The zero-order chi connectivity index (χ0) is 12.0. The number of carbonyl (C=O) groups is 1. The third-order valence-corrected chi connectivity index (χ3v) is 4.64. The number of benzene rings is 1. The van der Waals surface area contributed by atoms with E-state index in [0.29, 0.717) is 11.7 Å². The molecule has 2 bridgehead atoms. The first-order chi connectivity index (χ1) is 8.10. The molecule has 0 saturated heterocycles. The number of hydrogen-bond acceptors (Lipinski definition) is 1. The molecule has 0 aliphatic heterocycles. The second kappa shape index (κ2) is 3.56. The molecule has 0 N–H and O–H groups in total. The summed E-state index contributed by atoms with van der Waals surface area (Å²) in [6, 6.07) is 10.2. The molecule has 0 radical (unpaired) electrons. The smallest absolute Gasteiger partial charge is 0.162 e. The van der Waals surface area contributed by atoms with Gasteiger partial charge in [-0.05, 0) is 41.4 Å². The van der Waals surface area contributed by atoms with Crippen LogP contribution in [0.25, 0.3) is 6.08 Å². The van der Waals surface area contributed by atoms with Crippen molar-refractivity contribution in [2.45, 2.75) is 26.7 Å². The molecule has 2 atom stereocenters. The molecule has 2 fully saturated rings. The highest BCUT2D eigenvalue weighted by molar-refractivity contribution is 6.05. The van der Waals surface area contributed by atoms with E-state index in [9.17, 15) is 4.79 Å². The first kappa shape index (κ1) is 10.8. The summed E-state index contributed by atoms with van der Waals surface area (Å²) < 4.78 is 0. The quantitative estimate of drug-likeness (QED) is 0.667. The fourth-order valence-corrected chi connectivity index (χ4v) is 3.62. The Labute approximate surface area is 103 Å². The van der Waals surface area contributed by atoms with Crippen molar-refractivity contribution in [3.8, 4) is 0 Å². The van der Waals surface area contributed by atoms with Crippen LogP contribution >= 0.6 is 0 Å². The van der Waals surface area contributed by atoms with Gasteiger partial charge in [-0.15, -0.1) is 0 Å². The van der Waals surface area contributed by atoms with E-state index in [-0.39, 0.29) is 11.3 Å². The van der Waals surface area contributed by atoms with E-state index in [1.54, 1.807) is 0 Å². The van der Waals surface area contributed by atoms with E-state index < -0.39 is 0 Å². The average molecular weight is 226 g/mol. The van der Waals surface area contributed by atoms with Crippen molar-refractivity contribution in [3.05, 3.63) is 41.5 Å². The number of allylic oxidation sites excluding steroid dienone is 1. The average Bonchev–Trinajstić information content (AvgIpc) is 2.69. The third-order valence-electron chi connectivity index (χ3n) is 4.64. The number of rotatable bonds is 1. The van der Waals surface area contributed by atoms with Gasteiger partial charge in [-0.3, -0.25) is 4.79 Å². The van der Waals surface area contributed by atoms with Gasteiger partial charge in [-0.2, -0.15) is 0 Å². The van der Waals surface area contributed by atoms with Crippen molar-refractivity contribution in [3.63, 3.8) is 0 Å². The zero-order valence-corrected chi connectivity index (χ0v) is 10.4. The van der Waals surface area contributed by atoms with Gasteiger partial charge < -0.3 is 0 Å². The maximum atomic E-state index is 12.3. The summed E-state index contributed by atoms with van der Waals surface area (Å²) in [5.41, 5.74) is 2.40. The van der Waals surface area contributed by atoms with Crippen LogP contribution in [0.15, 0.2) is 35.9 Å². The van der Waals surface area contributed by atoms with E-state index in [1.807, 2.05) is 18.2 Å². The molecule has 2 aliphatic rings. The lowest BCUT2D eigenvalue weighted by molar-refractivity contribution is -0.119. The predicted octanol–water partition coefficient (Wildman–Crippen LogP) is 3.71. The first-order valence-electron chi connectivity index (χ1n) is 6.41. The van der Waals surface area contributed by atoms with Crippen LogP contribution in [0.3, 0.4) is 0 Å². The minimum atomic E-state index is 0.178. The highest BCUT2D eigenvalue weighted by atomic mass is 16.1. The molecular weight excluding hydrogens is 208 g/mol. The Bertz CT molecular complexity index is 482. The van der Waals surface area contributed by atoms with Gasteiger partial charge in [0.25, 0.3) is 0 Å². The summed E-state index contributed by atoms with van der Waals surface area (Å²) >= 11 is 0. The molecule has 2 saturated carbocycles. The molecular formula is C16H18O. The lowest BCUT2D eigenvalue weighted by atomic mass is 9.81. The Hall–Kier alpha value is -1.37. The number of ketones is 1. The van der Waals surface area contributed by atoms with Crippen molar-refractivity contribution in [2.24, 2.45) is 17.3 Å². The molecule has 0 amide bonds. The van der Waals surface area contributed by atoms with Crippen molar-refractivity contribution < 1.29 is 4.79 Å². The summed E-state index contributed by atoms with van der Waals surface area (Å²) in [6.07, 6.45) is 4.37. The van der Waals surface area contributed by atoms with Crippen molar-refractivity contribution >= 4 is 11.9 Å². The van der Waals surface area contributed by atoms with Gasteiger partial charge in [0.1, 0.15) is 0 Å². The molecule has 17 heavy (non-hydrogen) atoms.